The Kier molecular flexibility index (Phi) is 1.92. The minimum atomic E-state index is -0.620. The Morgan fingerprint density at radius 1 is 1.42 bits per heavy atom. The van der Waals surface area contributed by atoms with Crippen molar-refractivity contribution in [3.05, 3.63) is 0 Å². The zero-order chi connectivity index (χ0) is 8.77. The summed E-state index contributed by atoms with van der Waals surface area (Å²) in [6.07, 6.45) is 5.15. The lowest BCUT2D eigenvalue weighted by Gasteiger charge is -2.42. The summed E-state index contributed by atoms with van der Waals surface area (Å²) < 4.78 is 0. The van der Waals surface area contributed by atoms with Crippen molar-refractivity contribution in [1.29, 1.82) is 0 Å². The van der Waals surface area contributed by atoms with Crippen LogP contribution in [0, 0.1) is 11.8 Å². The molecule has 1 saturated heterocycles. The molecule has 2 nitrogen and oxygen atoms in total. The zero-order valence-electron chi connectivity index (χ0n) is 8.01. The highest BCUT2D eigenvalue weighted by Crippen LogP contribution is 2.38. The van der Waals surface area contributed by atoms with Gasteiger partial charge in [0.2, 0.25) is 0 Å². The number of rotatable bonds is 0. The van der Waals surface area contributed by atoms with Gasteiger partial charge in [0, 0.05) is 6.04 Å². The first kappa shape index (κ1) is 8.52. The van der Waals surface area contributed by atoms with E-state index >= 15 is 0 Å². The van der Waals surface area contributed by atoms with Crippen LogP contribution >= 0.6 is 0 Å². The average molecular weight is 169 g/mol. The van der Waals surface area contributed by atoms with Crippen LogP contribution in [0.3, 0.4) is 0 Å². The molecule has 1 aliphatic heterocycles. The van der Waals surface area contributed by atoms with Crippen molar-refractivity contribution in [3.63, 3.8) is 0 Å². The van der Waals surface area contributed by atoms with Gasteiger partial charge in [-0.15, -0.1) is 0 Å². The van der Waals surface area contributed by atoms with E-state index in [1.807, 2.05) is 6.92 Å². The Morgan fingerprint density at radius 3 is 2.92 bits per heavy atom. The molecule has 0 aromatic rings. The summed E-state index contributed by atoms with van der Waals surface area (Å²) in [5, 5.41) is 13.3. The highest BCUT2D eigenvalue weighted by Gasteiger charge is 2.42. The topological polar surface area (TPSA) is 32.3 Å². The maximum Gasteiger partial charge on any atom is 0.115 e. The quantitative estimate of drug-likeness (QED) is 0.576. The van der Waals surface area contributed by atoms with Gasteiger partial charge in [0.1, 0.15) is 5.72 Å². The first-order valence-electron chi connectivity index (χ1n) is 5.09. The third kappa shape index (κ3) is 1.27. The SMILES string of the molecule is CC1C[C@@H]2CCCC2NC1(C)O. The molecule has 0 bridgehead atoms. The Morgan fingerprint density at radius 2 is 2.17 bits per heavy atom. The van der Waals surface area contributed by atoms with Crippen molar-refractivity contribution >= 4 is 0 Å². The van der Waals surface area contributed by atoms with Crippen LogP contribution in [0.4, 0.5) is 0 Å². The summed E-state index contributed by atoms with van der Waals surface area (Å²) in [7, 11) is 0. The van der Waals surface area contributed by atoms with Crippen LogP contribution in [-0.2, 0) is 0 Å². The van der Waals surface area contributed by atoms with Crippen LogP contribution in [0.25, 0.3) is 0 Å². The molecular weight excluding hydrogens is 150 g/mol. The number of piperidine rings is 1. The van der Waals surface area contributed by atoms with E-state index in [0.717, 1.165) is 5.92 Å². The van der Waals surface area contributed by atoms with Gasteiger partial charge in [0.25, 0.3) is 0 Å². The second-order valence-electron chi connectivity index (χ2n) is 4.73. The van der Waals surface area contributed by atoms with E-state index in [-0.39, 0.29) is 0 Å². The maximum absolute atomic E-state index is 9.98. The molecular formula is C10H19NO. The van der Waals surface area contributed by atoms with Crippen LogP contribution in [0.5, 0.6) is 0 Å². The normalized spacial score (nSPS) is 53.8. The Labute approximate surface area is 74.4 Å². The van der Waals surface area contributed by atoms with Crippen LogP contribution in [0.1, 0.15) is 39.5 Å². The van der Waals surface area contributed by atoms with Gasteiger partial charge in [-0.3, -0.25) is 5.32 Å². The average Bonchev–Trinajstić information content (AvgIpc) is 2.35. The molecule has 2 aliphatic rings. The molecule has 1 heterocycles. The summed E-state index contributed by atoms with van der Waals surface area (Å²) in [6.45, 7) is 4.05. The largest absolute Gasteiger partial charge is 0.376 e. The van der Waals surface area contributed by atoms with Crippen molar-refractivity contribution in [3.8, 4) is 0 Å². The first-order valence-corrected chi connectivity index (χ1v) is 5.09. The number of nitrogens with one attached hydrogen (secondary N) is 1. The van der Waals surface area contributed by atoms with Gasteiger partial charge in [0.05, 0.1) is 0 Å². The summed E-state index contributed by atoms with van der Waals surface area (Å²) in [5.74, 6) is 1.23. The third-order valence-electron chi connectivity index (χ3n) is 3.75. The summed E-state index contributed by atoms with van der Waals surface area (Å²) in [5.41, 5.74) is -0.620. The third-order valence-corrected chi connectivity index (χ3v) is 3.75. The van der Waals surface area contributed by atoms with Crippen LogP contribution in [-0.4, -0.2) is 16.9 Å². The van der Waals surface area contributed by atoms with Crippen LogP contribution in [0.15, 0.2) is 0 Å². The second kappa shape index (κ2) is 2.71. The van der Waals surface area contributed by atoms with E-state index in [1.165, 1.54) is 25.7 Å². The second-order valence-corrected chi connectivity index (χ2v) is 4.73. The fraction of sp³-hybridized carbons (Fsp3) is 1.00. The van der Waals surface area contributed by atoms with Crippen molar-refractivity contribution in [2.75, 3.05) is 0 Å². The molecule has 2 N–H and O–H groups in total. The summed E-state index contributed by atoms with van der Waals surface area (Å²) in [4.78, 5) is 0. The molecule has 0 spiro atoms. The number of fused-ring (bicyclic) bond motifs is 1. The highest BCUT2D eigenvalue weighted by atomic mass is 16.3. The molecule has 4 atom stereocenters. The molecule has 70 valence electrons. The molecule has 0 amide bonds. The predicted octanol–water partition coefficient (Wildman–Crippen LogP) is 1.49. The molecule has 0 radical (unpaired) electrons. The highest BCUT2D eigenvalue weighted by molar-refractivity contribution is 4.95. The van der Waals surface area contributed by atoms with Crippen molar-refractivity contribution in [2.24, 2.45) is 11.8 Å². The Hall–Kier alpha value is -0.0800. The minimum Gasteiger partial charge on any atom is -0.376 e. The summed E-state index contributed by atoms with van der Waals surface area (Å²) >= 11 is 0. The zero-order valence-corrected chi connectivity index (χ0v) is 8.01. The monoisotopic (exact) mass is 169 g/mol. The number of hydrogen-bond acceptors (Lipinski definition) is 2. The number of aliphatic hydroxyl groups is 1. The van der Waals surface area contributed by atoms with E-state index in [2.05, 4.69) is 12.2 Å². The van der Waals surface area contributed by atoms with Gasteiger partial charge >= 0.3 is 0 Å². The molecule has 0 aromatic carbocycles. The molecule has 3 unspecified atom stereocenters. The fourth-order valence-electron chi connectivity index (χ4n) is 2.71. The van der Waals surface area contributed by atoms with Gasteiger partial charge in [-0.1, -0.05) is 13.3 Å². The van der Waals surface area contributed by atoms with Crippen LogP contribution in [0.2, 0.25) is 0 Å². The Balaban J connectivity index is 2.08. The fourth-order valence-corrected chi connectivity index (χ4v) is 2.71. The van der Waals surface area contributed by atoms with Gasteiger partial charge in [-0.05, 0) is 38.0 Å². The van der Waals surface area contributed by atoms with Gasteiger partial charge < -0.3 is 5.11 Å². The predicted molar refractivity (Wildman–Crippen MR) is 48.7 cm³/mol. The van der Waals surface area contributed by atoms with E-state index in [0.29, 0.717) is 12.0 Å². The molecule has 2 rings (SSSR count). The molecule has 1 aliphatic carbocycles. The minimum absolute atomic E-state index is 0.400. The molecule has 2 heteroatoms. The number of hydrogen-bond donors (Lipinski definition) is 2. The van der Waals surface area contributed by atoms with E-state index < -0.39 is 5.72 Å². The smallest absolute Gasteiger partial charge is 0.115 e. The van der Waals surface area contributed by atoms with E-state index in [1.54, 1.807) is 0 Å². The van der Waals surface area contributed by atoms with E-state index in [4.69, 9.17) is 0 Å². The van der Waals surface area contributed by atoms with Crippen molar-refractivity contribution in [1.82, 2.24) is 5.32 Å². The first-order chi connectivity index (χ1) is 5.59. The molecule has 0 aromatic heterocycles. The maximum atomic E-state index is 9.98. The Bertz CT molecular complexity index is 179. The summed E-state index contributed by atoms with van der Waals surface area (Å²) in [6, 6.07) is 0.594. The van der Waals surface area contributed by atoms with E-state index in [9.17, 15) is 5.11 Å². The van der Waals surface area contributed by atoms with Gasteiger partial charge in [-0.2, -0.15) is 0 Å². The lowest BCUT2D eigenvalue weighted by atomic mass is 9.81. The lowest BCUT2D eigenvalue weighted by molar-refractivity contribution is -0.0722. The van der Waals surface area contributed by atoms with Gasteiger partial charge in [-0.25, -0.2) is 0 Å². The molecule has 2 fully saturated rings. The lowest BCUT2D eigenvalue weighted by Crippen LogP contribution is -2.58. The van der Waals surface area contributed by atoms with Crippen LogP contribution < -0.4 is 5.32 Å². The molecule has 1 saturated carbocycles. The van der Waals surface area contributed by atoms with Gasteiger partial charge in [0.15, 0.2) is 0 Å². The molecule has 12 heavy (non-hydrogen) atoms. The van der Waals surface area contributed by atoms with Crippen molar-refractivity contribution < 1.29 is 5.11 Å². The van der Waals surface area contributed by atoms with Crippen molar-refractivity contribution in [2.45, 2.75) is 51.3 Å². The standard InChI is InChI=1S/C10H19NO/c1-7-6-8-4-3-5-9(8)11-10(7,2)12/h7-9,11-12H,3-6H2,1-2H3/t7?,8-,9?,10?/m0/s1.